The van der Waals surface area contributed by atoms with Crippen molar-refractivity contribution in [2.75, 3.05) is 20.8 Å². The molecule has 4 N–H and O–H groups in total. The number of pyridine rings is 1. The molecule has 2 heterocycles. The quantitative estimate of drug-likeness (QED) is 0.518. The second-order valence-electron chi connectivity index (χ2n) is 7.05. The van der Waals surface area contributed by atoms with Gasteiger partial charge in [0.15, 0.2) is 11.5 Å². The summed E-state index contributed by atoms with van der Waals surface area (Å²) in [6.45, 7) is 1.76. The smallest absolute Gasteiger partial charge is 0.340 e. The average Bonchev–Trinajstić information content (AvgIpc) is 2.78. The lowest BCUT2D eigenvalue weighted by Gasteiger charge is -2.29. The SMILES string of the molecule is CCOC(=O)C1=C(N)Oc2c(c(=O)[nH]c3ccccc23)[C@@H]1c1cc(OC)c(O)c(OC)c1. The van der Waals surface area contributed by atoms with Crippen molar-refractivity contribution in [2.45, 2.75) is 12.8 Å². The third kappa shape index (κ3) is 3.27. The number of aromatic nitrogens is 1. The number of para-hydroxylation sites is 1. The minimum atomic E-state index is -0.963. The third-order valence-corrected chi connectivity index (χ3v) is 5.29. The van der Waals surface area contributed by atoms with E-state index in [1.165, 1.54) is 26.4 Å². The highest BCUT2D eigenvalue weighted by molar-refractivity contribution is 5.95. The average molecular weight is 438 g/mol. The first-order chi connectivity index (χ1) is 15.4. The fourth-order valence-electron chi connectivity index (χ4n) is 3.89. The molecule has 0 spiro atoms. The van der Waals surface area contributed by atoms with E-state index in [1.807, 2.05) is 0 Å². The minimum absolute atomic E-state index is 0.0325. The summed E-state index contributed by atoms with van der Waals surface area (Å²) in [5, 5.41) is 11.0. The number of carbonyl (C=O) groups is 1. The Balaban J connectivity index is 2.08. The molecule has 1 aliphatic heterocycles. The van der Waals surface area contributed by atoms with E-state index in [2.05, 4.69) is 4.98 Å². The number of phenolic OH excluding ortho intramolecular Hbond substituents is 1. The number of nitrogens with two attached hydrogens (primary N) is 1. The Bertz CT molecular complexity index is 1280. The summed E-state index contributed by atoms with van der Waals surface area (Å²) >= 11 is 0. The maximum absolute atomic E-state index is 13.2. The molecule has 9 heteroatoms. The van der Waals surface area contributed by atoms with Gasteiger partial charge < -0.3 is 34.8 Å². The summed E-state index contributed by atoms with van der Waals surface area (Å²) in [6.07, 6.45) is 0. The summed E-state index contributed by atoms with van der Waals surface area (Å²) in [7, 11) is 2.76. The van der Waals surface area contributed by atoms with Gasteiger partial charge in [0.2, 0.25) is 11.6 Å². The lowest BCUT2D eigenvalue weighted by Crippen LogP contribution is -2.32. The molecule has 0 saturated heterocycles. The van der Waals surface area contributed by atoms with Crippen LogP contribution >= 0.6 is 0 Å². The number of hydrogen-bond donors (Lipinski definition) is 3. The maximum Gasteiger partial charge on any atom is 0.340 e. The van der Waals surface area contributed by atoms with Gasteiger partial charge in [-0.2, -0.15) is 0 Å². The molecule has 0 aliphatic carbocycles. The van der Waals surface area contributed by atoms with E-state index in [1.54, 1.807) is 31.2 Å². The van der Waals surface area contributed by atoms with Crippen LogP contribution in [0.3, 0.4) is 0 Å². The molecule has 166 valence electrons. The number of fused-ring (bicyclic) bond motifs is 3. The fraction of sp³-hybridized carbons (Fsp3) is 0.217. The first kappa shape index (κ1) is 21.1. The largest absolute Gasteiger partial charge is 0.502 e. The van der Waals surface area contributed by atoms with Crippen LogP contribution in [0.4, 0.5) is 0 Å². The molecule has 1 aliphatic rings. The van der Waals surface area contributed by atoms with Crippen LogP contribution in [0.15, 0.2) is 52.6 Å². The fourth-order valence-corrected chi connectivity index (χ4v) is 3.89. The van der Waals surface area contributed by atoms with Crippen LogP contribution in [0, 0.1) is 0 Å². The third-order valence-electron chi connectivity index (χ3n) is 5.29. The van der Waals surface area contributed by atoms with Gasteiger partial charge in [-0.1, -0.05) is 12.1 Å². The zero-order valence-electron chi connectivity index (χ0n) is 17.7. The van der Waals surface area contributed by atoms with Crippen LogP contribution in [0.5, 0.6) is 23.0 Å². The van der Waals surface area contributed by atoms with E-state index in [-0.39, 0.29) is 46.6 Å². The zero-order chi connectivity index (χ0) is 23.0. The summed E-state index contributed by atoms with van der Waals surface area (Å²) < 4.78 is 21.6. The zero-order valence-corrected chi connectivity index (χ0v) is 17.7. The molecule has 0 saturated carbocycles. The highest BCUT2D eigenvalue weighted by Crippen LogP contribution is 2.47. The summed E-state index contributed by atoms with van der Waals surface area (Å²) in [5.41, 5.74) is 6.87. The Labute approximate surface area is 183 Å². The number of hydrogen-bond acceptors (Lipinski definition) is 8. The topological polar surface area (TPSA) is 133 Å². The van der Waals surface area contributed by atoms with Crippen molar-refractivity contribution in [3.05, 3.63) is 69.3 Å². The van der Waals surface area contributed by atoms with Crippen molar-refractivity contribution in [1.82, 2.24) is 4.98 Å². The van der Waals surface area contributed by atoms with Crippen molar-refractivity contribution >= 4 is 16.9 Å². The van der Waals surface area contributed by atoms with Gasteiger partial charge in [-0.25, -0.2) is 4.79 Å². The number of nitrogens with one attached hydrogen (secondary N) is 1. The molecule has 0 fully saturated rings. The van der Waals surface area contributed by atoms with Crippen LogP contribution in [0.1, 0.15) is 24.0 Å². The molecular formula is C23H22N2O7. The Kier molecular flexibility index (Phi) is 5.40. The maximum atomic E-state index is 13.2. The van der Waals surface area contributed by atoms with Gasteiger partial charge in [0.25, 0.3) is 5.56 Å². The highest BCUT2D eigenvalue weighted by Gasteiger charge is 2.39. The number of benzene rings is 2. The van der Waals surface area contributed by atoms with Crippen LogP contribution < -0.4 is 25.5 Å². The highest BCUT2D eigenvalue weighted by atomic mass is 16.5. The number of rotatable bonds is 5. The molecular weight excluding hydrogens is 416 g/mol. The number of methoxy groups -OCH3 is 2. The summed E-state index contributed by atoms with van der Waals surface area (Å²) in [4.78, 5) is 28.9. The summed E-state index contributed by atoms with van der Waals surface area (Å²) in [6, 6.07) is 10.1. The summed E-state index contributed by atoms with van der Waals surface area (Å²) in [5.74, 6) is -1.63. The molecule has 0 bridgehead atoms. The molecule has 1 atom stereocenters. The van der Waals surface area contributed by atoms with Gasteiger partial charge in [0.1, 0.15) is 11.3 Å². The van der Waals surface area contributed by atoms with Crippen LogP contribution in [-0.2, 0) is 9.53 Å². The van der Waals surface area contributed by atoms with Crippen molar-refractivity contribution in [3.8, 4) is 23.0 Å². The Morgan fingerprint density at radius 2 is 1.84 bits per heavy atom. The predicted molar refractivity (Wildman–Crippen MR) is 116 cm³/mol. The van der Waals surface area contributed by atoms with E-state index in [4.69, 9.17) is 24.7 Å². The van der Waals surface area contributed by atoms with Crippen LogP contribution in [-0.4, -0.2) is 36.9 Å². The first-order valence-electron chi connectivity index (χ1n) is 9.85. The van der Waals surface area contributed by atoms with Gasteiger partial charge in [-0.15, -0.1) is 0 Å². The van der Waals surface area contributed by atoms with Gasteiger partial charge >= 0.3 is 5.97 Å². The van der Waals surface area contributed by atoms with Crippen molar-refractivity contribution in [2.24, 2.45) is 5.73 Å². The molecule has 0 unspecified atom stereocenters. The molecule has 2 aromatic carbocycles. The molecule has 0 amide bonds. The van der Waals surface area contributed by atoms with Gasteiger partial charge in [0, 0.05) is 5.39 Å². The number of aromatic hydroxyl groups is 1. The molecule has 32 heavy (non-hydrogen) atoms. The first-order valence-corrected chi connectivity index (χ1v) is 9.85. The Morgan fingerprint density at radius 3 is 2.47 bits per heavy atom. The van der Waals surface area contributed by atoms with Crippen LogP contribution in [0.2, 0.25) is 0 Å². The van der Waals surface area contributed by atoms with E-state index < -0.39 is 17.4 Å². The standard InChI is InChI=1S/C23H22N2O7/c1-4-31-23(28)18-16(11-9-14(29-2)19(26)15(10-11)30-3)17-20(32-21(18)24)12-7-5-6-8-13(12)25-22(17)27/h5-10,16,26H,4,24H2,1-3H3,(H,25,27)/t16-/m0/s1. The molecule has 9 nitrogen and oxygen atoms in total. The molecule has 3 aromatic rings. The lowest BCUT2D eigenvalue weighted by atomic mass is 9.82. The Hall–Kier alpha value is -4.14. The second-order valence-corrected chi connectivity index (χ2v) is 7.05. The van der Waals surface area contributed by atoms with Gasteiger partial charge in [-0.05, 0) is 36.8 Å². The van der Waals surface area contributed by atoms with E-state index >= 15 is 0 Å². The van der Waals surface area contributed by atoms with Crippen LogP contribution in [0.25, 0.3) is 10.9 Å². The van der Waals surface area contributed by atoms with Gasteiger partial charge in [0.05, 0.1) is 37.8 Å². The number of aromatic amines is 1. The van der Waals surface area contributed by atoms with Crippen molar-refractivity contribution in [3.63, 3.8) is 0 Å². The number of phenols is 1. The van der Waals surface area contributed by atoms with E-state index in [9.17, 15) is 14.7 Å². The number of H-pyrrole nitrogens is 1. The lowest BCUT2D eigenvalue weighted by molar-refractivity contribution is -0.139. The minimum Gasteiger partial charge on any atom is -0.502 e. The van der Waals surface area contributed by atoms with E-state index in [0.717, 1.165) is 0 Å². The second kappa shape index (κ2) is 8.18. The van der Waals surface area contributed by atoms with E-state index in [0.29, 0.717) is 16.5 Å². The molecule has 4 rings (SSSR count). The normalized spacial score (nSPS) is 15.2. The van der Waals surface area contributed by atoms with Crippen molar-refractivity contribution in [1.29, 1.82) is 0 Å². The molecule has 1 aromatic heterocycles. The monoisotopic (exact) mass is 438 g/mol. The number of esters is 1. The predicted octanol–water partition coefficient (Wildman–Crippen LogP) is 2.51. The van der Waals surface area contributed by atoms with Crippen molar-refractivity contribution < 1.29 is 28.8 Å². The Morgan fingerprint density at radius 1 is 1.19 bits per heavy atom. The number of carbonyl (C=O) groups excluding carboxylic acids is 1. The molecule has 0 radical (unpaired) electrons. The number of ether oxygens (including phenoxy) is 4. The van der Waals surface area contributed by atoms with Gasteiger partial charge in [-0.3, -0.25) is 4.79 Å².